The second-order valence-electron chi connectivity index (χ2n) is 4.40. The standard InChI is InChI=1S/C15H14N2S2/c1-2-10-3-5-11(6-4-10)16-12-7-8-13-14(9-12)19-15(18)17-13/h3-9,16H,2H2,1H3,(H,17,18). The van der Waals surface area contributed by atoms with Crippen molar-refractivity contribution in [3.8, 4) is 0 Å². The van der Waals surface area contributed by atoms with Crippen molar-refractivity contribution in [1.29, 1.82) is 0 Å². The van der Waals surface area contributed by atoms with E-state index >= 15 is 0 Å². The third-order valence-corrected chi connectivity index (χ3v) is 4.27. The highest BCUT2D eigenvalue weighted by atomic mass is 32.1. The Morgan fingerprint density at radius 3 is 2.58 bits per heavy atom. The first kappa shape index (κ1) is 12.4. The Balaban J connectivity index is 1.89. The van der Waals surface area contributed by atoms with Crippen molar-refractivity contribution in [3.63, 3.8) is 0 Å². The molecule has 0 radical (unpaired) electrons. The van der Waals surface area contributed by atoms with Crippen molar-refractivity contribution in [2.75, 3.05) is 5.32 Å². The summed E-state index contributed by atoms with van der Waals surface area (Å²) in [6.07, 6.45) is 1.07. The maximum Gasteiger partial charge on any atom is 0.159 e. The molecule has 3 aromatic rings. The number of anilines is 2. The number of aryl methyl sites for hydroxylation is 1. The molecule has 4 heteroatoms. The van der Waals surface area contributed by atoms with Crippen molar-refractivity contribution >= 4 is 45.1 Å². The van der Waals surface area contributed by atoms with Crippen LogP contribution in [0, 0.1) is 3.95 Å². The van der Waals surface area contributed by atoms with Crippen LogP contribution in [0.15, 0.2) is 42.5 Å². The summed E-state index contributed by atoms with van der Waals surface area (Å²) < 4.78 is 2.00. The van der Waals surface area contributed by atoms with Crippen LogP contribution in [0.25, 0.3) is 10.2 Å². The predicted molar refractivity (Wildman–Crippen MR) is 86.1 cm³/mol. The molecule has 96 valence electrons. The van der Waals surface area contributed by atoms with Gasteiger partial charge in [-0.3, -0.25) is 0 Å². The van der Waals surface area contributed by atoms with Gasteiger partial charge in [-0.1, -0.05) is 19.1 Å². The number of aromatic nitrogens is 1. The maximum absolute atomic E-state index is 5.16. The number of hydrogen-bond acceptors (Lipinski definition) is 3. The van der Waals surface area contributed by atoms with Gasteiger partial charge in [-0.2, -0.15) is 0 Å². The van der Waals surface area contributed by atoms with Crippen molar-refractivity contribution in [1.82, 2.24) is 4.98 Å². The van der Waals surface area contributed by atoms with E-state index < -0.39 is 0 Å². The molecule has 0 saturated heterocycles. The van der Waals surface area contributed by atoms with Crippen molar-refractivity contribution in [2.24, 2.45) is 0 Å². The topological polar surface area (TPSA) is 27.8 Å². The monoisotopic (exact) mass is 286 g/mol. The molecule has 19 heavy (non-hydrogen) atoms. The molecule has 0 amide bonds. The minimum absolute atomic E-state index is 0.819. The molecule has 0 aliphatic rings. The number of benzene rings is 2. The second-order valence-corrected chi connectivity index (χ2v) is 6.12. The first-order valence-electron chi connectivity index (χ1n) is 6.23. The third kappa shape index (κ3) is 2.69. The zero-order valence-electron chi connectivity index (χ0n) is 10.6. The second kappa shape index (κ2) is 5.15. The lowest BCUT2D eigenvalue weighted by molar-refractivity contribution is 1.14. The van der Waals surface area contributed by atoms with Gasteiger partial charge < -0.3 is 10.3 Å². The SMILES string of the molecule is CCc1ccc(Nc2ccc3[nH]c(=S)sc3c2)cc1. The van der Waals surface area contributed by atoms with E-state index in [0.29, 0.717) is 0 Å². The number of thiazole rings is 1. The molecular formula is C15H14N2S2. The number of rotatable bonds is 3. The molecule has 3 rings (SSSR count). The van der Waals surface area contributed by atoms with Gasteiger partial charge in [-0.25, -0.2) is 0 Å². The summed E-state index contributed by atoms with van der Waals surface area (Å²) in [6, 6.07) is 14.8. The van der Waals surface area contributed by atoms with Gasteiger partial charge in [0.15, 0.2) is 3.95 Å². The molecule has 2 nitrogen and oxygen atoms in total. The number of nitrogens with one attached hydrogen (secondary N) is 2. The highest BCUT2D eigenvalue weighted by Gasteiger charge is 2.00. The highest BCUT2D eigenvalue weighted by molar-refractivity contribution is 7.73. The lowest BCUT2D eigenvalue weighted by Crippen LogP contribution is -1.90. The van der Waals surface area contributed by atoms with Crippen LogP contribution in [-0.2, 0) is 6.42 Å². The van der Waals surface area contributed by atoms with Crippen LogP contribution in [0.1, 0.15) is 12.5 Å². The average molecular weight is 286 g/mol. The van der Waals surface area contributed by atoms with E-state index in [9.17, 15) is 0 Å². The number of H-pyrrole nitrogens is 1. The minimum Gasteiger partial charge on any atom is -0.355 e. The number of hydrogen-bond donors (Lipinski definition) is 2. The molecule has 0 aliphatic carbocycles. The van der Waals surface area contributed by atoms with Crippen LogP contribution in [0.4, 0.5) is 11.4 Å². The largest absolute Gasteiger partial charge is 0.355 e. The summed E-state index contributed by atoms with van der Waals surface area (Å²) in [5.74, 6) is 0. The molecule has 1 aromatic heterocycles. The highest BCUT2D eigenvalue weighted by Crippen LogP contribution is 2.25. The van der Waals surface area contributed by atoms with Crippen LogP contribution < -0.4 is 5.32 Å². The molecule has 0 unspecified atom stereocenters. The molecule has 0 saturated carbocycles. The Bertz CT molecular complexity index is 754. The predicted octanol–water partition coefficient (Wildman–Crippen LogP) is 5.26. The van der Waals surface area contributed by atoms with Gasteiger partial charge in [0.1, 0.15) is 0 Å². The molecule has 0 bridgehead atoms. The molecule has 0 spiro atoms. The number of fused-ring (bicyclic) bond motifs is 1. The van der Waals surface area contributed by atoms with E-state index in [1.165, 1.54) is 10.3 Å². The van der Waals surface area contributed by atoms with Crippen molar-refractivity contribution in [3.05, 3.63) is 52.0 Å². The normalized spacial score (nSPS) is 10.8. The molecule has 2 aromatic carbocycles. The summed E-state index contributed by atoms with van der Waals surface area (Å²) >= 11 is 6.76. The fraction of sp³-hybridized carbons (Fsp3) is 0.133. The molecule has 2 N–H and O–H groups in total. The van der Waals surface area contributed by atoms with Gasteiger partial charge in [0.2, 0.25) is 0 Å². The quantitative estimate of drug-likeness (QED) is 0.642. The fourth-order valence-electron chi connectivity index (χ4n) is 2.01. The van der Waals surface area contributed by atoms with Gasteiger partial charge >= 0.3 is 0 Å². The van der Waals surface area contributed by atoms with Gasteiger partial charge in [0, 0.05) is 11.4 Å². The minimum atomic E-state index is 0.819. The summed E-state index contributed by atoms with van der Waals surface area (Å²) in [5, 5.41) is 3.42. The van der Waals surface area contributed by atoms with Crippen LogP contribution in [0.5, 0.6) is 0 Å². The average Bonchev–Trinajstić information content (AvgIpc) is 2.79. The van der Waals surface area contributed by atoms with E-state index in [-0.39, 0.29) is 0 Å². The lowest BCUT2D eigenvalue weighted by atomic mass is 10.1. The van der Waals surface area contributed by atoms with Crippen LogP contribution >= 0.6 is 23.6 Å². The lowest BCUT2D eigenvalue weighted by Gasteiger charge is -2.07. The first-order chi connectivity index (χ1) is 9.24. The first-order valence-corrected chi connectivity index (χ1v) is 7.46. The van der Waals surface area contributed by atoms with Crippen molar-refractivity contribution in [2.45, 2.75) is 13.3 Å². The Kier molecular flexibility index (Phi) is 3.36. The summed E-state index contributed by atoms with van der Waals surface area (Å²) in [4.78, 5) is 3.17. The summed E-state index contributed by atoms with van der Waals surface area (Å²) in [6.45, 7) is 2.16. The number of aromatic amines is 1. The molecule has 1 heterocycles. The van der Waals surface area contributed by atoms with Crippen molar-refractivity contribution < 1.29 is 0 Å². The molecule has 0 aliphatic heterocycles. The summed E-state index contributed by atoms with van der Waals surface area (Å²) in [7, 11) is 0. The van der Waals surface area contributed by atoms with E-state index in [0.717, 1.165) is 27.3 Å². The zero-order valence-corrected chi connectivity index (χ0v) is 12.2. The third-order valence-electron chi connectivity index (χ3n) is 3.07. The van der Waals surface area contributed by atoms with E-state index in [2.05, 4.69) is 59.7 Å². The van der Waals surface area contributed by atoms with Gasteiger partial charge in [-0.05, 0) is 54.5 Å². The Morgan fingerprint density at radius 1 is 1.11 bits per heavy atom. The van der Waals surface area contributed by atoms with E-state index in [1.807, 2.05) is 0 Å². The molecule has 0 atom stereocenters. The smallest absolute Gasteiger partial charge is 0.159 e. The Labute approximate surface area is 121 Å². The molecule has 0 fully saturated rings. The van der Waals surface area contributed by atoms with E-state index in [1.54, 1.807) is 11.3 Å². The molecular weight excluding hydrogens is 272 g/mol. The Hall–Kier alpha value is -1.65. The van der Waals surface area contributed by atoms with Crippen LogP contribution in [-0.4, -0.2) is 4.98 Å². The fourth-order valence-corrected chi connectivity index (χ4v) is 3.17. The maximum atomic E-state index is 5.16. The zero-order chi connectivity index (χ0) is 13.2. The Morgan fingerprint density at radius 2 is 1.84 bits per heavy atom. The van der Waals surface area contributed by atoms with Gasteiger partial charge in [0.05, 0.1) is 10.2 Å². The van der Waals surface area contributed by atoms with Crippen LogP contribution in [0.2, 0.25) is 0 Å². The van der Waals surface area contributed by atoms with E-state index in [4.69, 9.17) is 12.2 Å². The van der Waals surface area contributed by atoms with Gasteiger partial charge in [-0.15, -0.1) is 11.3 Å². The van der Waals surface area contributed by atoms with Gasteiger partial charge in [0.25, 0.3) is 0 Å². The summed E-state index contributed by atoms with van der Waals surface area (Å²) in [5.41, 5.74) is 4.64. The van der Waals surface area contributed by atoms with Crippen LogP contribution in [0.3, 0.4) is 0 Å².